The Morgan fingerprint density at radius 2 is 1.90 bits per heavy atom. The highest BCUT2D eigenvalue weighted by Gasteiger charge is 2.34. The van der Waals surface area contributed by atoms with Crippen LogP contribution in [0.25, 0.3) is 0 Å². The average Bonchev–Trinajstić information content (AvgIpc) is 2.40. The molecule has 0 amide bonds. The number of nitrogens with one attached hydrogen (secondary N) is 1. The average molecular weight is 323 g/mol. The first kappa shape index (κ1) is 16.6. The number of rotatable bonds is 4. The van der Waals surface area contributed by atoms with Crippen molar-refractivity contribution in [2.45, 2.75) is 31.2 Å². The molecule has 0 saturated carbocycles. The number of aliphatic hydroxyl groups is 1. The monoisotopic (exact) mass is 323 g/mol. The van der Waals surface area contributed by atoms with E-state index in [0.717, 1.165) is 23.6 Å². The minimum absolute atomic E-state index is 0.0160. The fourth-order valence-corrected chi connectivity index (χ4v) is 3.58. The van der Waals surface area contributed by atoms with Crippen LogP contribution >= 0.6 is 11.8 Å². The minimum atomic E-state index is -4.59. The number of benzene rings is 1. The van der Waals surface area contributed by atoms with Crippen molar-refractivity contribution < 1.29 is 22.7 Å². The zero-order valence-corrected chi connectivity index (χ0v) is 12.2. The maximum absolute atomic E-state index is 13.0. The number of halogens is 4. The summed E-state index contributed by atoms with van der Waals surface area (Å²) in [5.74, 6) is 0.791. The molecule has 1 heterocycles. The summed E-state index contributed by atoms with van der Waals surface area (Å²) in [6.45, 7) is 0.187. The maximum atomic E-state index is 13.0. The van der Waals surface area contributed by atoms with E-state index < -0.39 is 23.2 Å². The van der Waals surface area contributed by atoms with Crippen LogP contribution in [0.5, 0.6) is 0 Å². The normalized spacial score (nSPS) is 18.7. The topological polar surface area (TPSA) is 32.3 Å². The molecular weight excluding hydrogens is 306 g/mol. The van der Waals surface area contributed by atoms with Gasteiger partial charge in [0, 0.05) is 13.1 Å². The van der Waals surface area contributed by atoms with Crippen LogP contribution in [-0.2, 0) is 12.7 Å². The third kappa shape index (κ3) is 4.59. The zero-order chi connectivity index (χ0) is 15.5. The van der Waals surface area contributed by atoms with E-state index in [-0.39, 0.29) is 18.7 Å². The van der Waals surface area contributed by atoms with Gasteiger partial charge in [-0.3, -0.25) is 0 Å². The summed E-state index contributed by atoms with van der Waals surface area (Å²) in [5.41, 5.74) is -1.84. The van der Waals surface area contributed by atoms with E-state index in [1.54, 1.807) is 11.8 Å². The van der Waals surface area contributed by atoms with E-state index in [2.05, 4.69) is 5.32 Å². The van der Waals surface area contributed by atoms with Crippen molar-refractivity contribution in [3.8, 4) is 0 Å². The molecule has 118 valence electrons. The molecule has 0 aromatic heterocycles. The lowest BCUT2D eigenvalue weighted by atomic mass is 9.96. The van der Waals surface area contributed by atoms with Gasteiger partial charge in [0.15, 0.2) is 0 Å². The minimum Gasteiger partial charge on any atom is -0.389 e. The van der Waals surface area contributed by atoms with Crippen LogP contribution in [0.4, 0.5) is 17.6 Å². The number of hydrogen-bond donors (Lipinski definition) is 2. The number of alkyl halides is 3. The van der Waals surface area contributed by atoms with Crippen LogP contribution in [0.1, 0.15) is 24.0 Å². The standard InChI is InChI=1S/C14H17F4NOS/c15-11-2-1-10(12(7-11)14(16,17)18)8-19-9-13(20)3-5-21-6-4-13/h1-2,7,19-20H,3-6,8-9H2. The van der Waals surface area contributed by atoms with Crippen LogP contribution in [0.2, 0.25) is 0 Å². The molecule has 0 bridgehead atoms. The van der Waals surface area contributed by atoms with Gasteiger partial charge in [-0.2, -0.15) is 24.9 Å². The molecule has 1 aromatic rings. The van der Waals surface area contributed by atoms with Crippen LogP contribution < -0.4 is 5.32 Å². The van der Waals surface area contributed by atoms with Crippen molar-refractivity contribution >= 4 is 11.8 Å². The van der Waals surface area contributed by atoms with E-state index in [9.17, 15) is 22.7 Å². The van der Waals surface area contributed by atoms with Crippen molar-refractivity contribution in [3.63, 3.8) is 0 Å². The highest BCUT2D eigenvalue weighted by atomic mass is 32.2. The molecule has 1 aromatic carbocycles. The Morgan fingerprint density at radius 3 is 2.52 bits per heavy atom. The molecule has 1 aliphatic rings. The first-order valence-electron chi connectivity index (χ1n) is 6.67. The summed E-state index contributed by atoms with van der Waals surface area (Å²) in [4.78, 5) is 0. The van der Waals surface area contributed by atoms with Crippen molar-refractivity contribution in [2.24, 2.45) is 0 Å². The second-order valence-electron chi connectivity index (χ2n) is 5.24. The Balaban J connectivity index is 2.00. The smallest absolute Gasteiger partial charge is 0.389 e. The fourth-order valence-electron chi connectivity index (χ4n) is 2.32. The van der Waals surface area contributed by atoms with Crippen molar-refractivity contribution in [1.29, 1.82) is 0 Å². The molecule has 0 unspecified atom stereocenters. The predicted molar refractivity (Wildman–Crippen MR) is 74.6 cm³/mol. The Kier molecular flexibility index (Phi) is 5.16. The van der Waals surface area contributed by atoms with Crippen molar-refractivity contribution in [1.82, 2.24) is 5.32 Å². The van der Waals surface area contributed by atoms with Gasteiger partial charge in [-0.05, 0) is 42.0 Å². The van der Waals surface area contributed by atoms with Gasteiger partial charge in [-0.1, -0.05) is 6.07 Å². The molecule has 2 nitrogen and oxygen atoms in total. The number of hydrogen-bond acceptors (Lipinski definition) is 3. The third-order valence-corrected chi connectivity index (χ3v) is 4.56. The summed E-state index contributed by atoms with van der Waals surface area (Å²) in [6.07, 6.45) is -3.34. The Labute approximate surface area is 124 Å². The molecule has 1 aliphatic heterocycles. The maximum Gasteiger partial charge on any atom is 0.416 e. The summed E-state index contributed by atoms with van der Waals surface area (Å²) in [5, 5.41) is 13.1. The molecular formula is C14H17F4NOS. The van der Waals surface area contributed by atoms with Crippen LogP contribution in [-0.4, -0.2) is 28.8 Å². The Morgan fingerprint density at radius 1 is 1.24 bits per heavy atom. The predicted octanol–water partition coefficient (Wildman–Crippen LogP) is 3.19. The summed E-state index contributed by atoms with van der Waals surface area (Å²) in [6, 6.07) is 2.65. The van der Waals surface area contributed by atoms with Gasteiger partial charge in [-0.25, -0.2) is 4.39 Å². The van der Waals surface area contributed by atoms with Crippen LogP contribution in [0.15, 0.2) is 18.2 Å². The largest absolute Gasteiger partial charge is 0.416 e. The van der Waals surface area contributed by atoms with Crippen LogP contribution in [0, 0.1) is 5.82 Å². The number of thioether (sulfide) groups is 1. The third-order valence-electron chi connectivity index (χ3n) is 3.57. The molecule has 2 rings (SSSR count). The summed E-state index contributed by atoms with van der Waals surface area (Å²) in [7, 11) is 0. The molecule has 0 spiro atoms. The lowest BCUT2D eigenvalue weighted by molar-refractivity contribution is -0.138. The summed E-state index contributed by atoms with van der Waals surface area (Å²) < 4.78 is 51.5. The highest BCUT2D eigenvalue weighted by molar-refractivity contribution is 7.99. The summed E-state index contributed by atoms with van der Waals surface area (Å²) >= 11 is 1.76. The van der Waals surface area contributed by atoms with Crippen molar-refractivity contribution in [2.75, 3.05) is 18.1 Å². The van der Waals surface area contributed by atoms with Gasteiger partial charge in [0.05, 0.1) is 11.2 Å². The van der Waals surface area contributed by atoms with Crippen molar-refractivity contribution in [3.05, 3.63) is 35.1 Å². The fraction of sp³-hybridized carbons (Fsp3) is 0.571. The molecule has 2 N–H and O–H groups in total. The lowest BCUT2D eigenvalue weighted by Crippen LogP contribution is -2.43. The second-order valence-corrected chi connectivity index (χ2v) is 6.46. The Bertz CT molecular complexity index is 486. The molecule has 0 atom stereocenters. The first-order chi connectivity index (χ1) is 9.80. The lowest BCUT2D eigenvalue weighted by Gasteiger charge is -2.32. The molecule has 0 aliphatic carbocycles. The van der Waals surface area contributed by atoms with Gasteiger partial charge < -0.3 is 10.4 Å². The van der Waals surface area contributed by atoms with E-state index in [0.29, 0.717) is 18.9 Å². The first-order valence-corrected chi connectivity index (χ1v) is 7.82. The molecule has 7 heteroatoms. The van der Waals surface area contributed by atoms with Gasteiger partial charge in [0.25, 0.3) is 0 Å². The van der Waals surface area contributed by atoms with E-state index >= 15 is 0 Å². The van der Waals surface area contributed by atoms with Crippen LogP contribution in [0.3, 0.4) is 0 Å². The molecule has 21 heavy (non-hydrogen) atoms. The quantitative estimate of drug-likeness (QED) is 0.835. The Hall–Kier alpha value is -0.790. The van der Waals surface area contributed by atoms with Gasteiger partial charge >= 0.3 is 6.18 Å². The van der Waals surface area contributed by atoms with Gasteiger partial charge in [0.1, 0.15) is 5.82 Å². The molecule has 1 fully saturated rings. The molecule has 0 radical (unpaired) electrons. The highest BCUT2D eigenvalue weighted by Crippen LogP contribution is 2.32. The van der Waals surface area contributed by atoms with E-state index in [1.807, 2.05) is 0 Å². The van der Waals surface area contributed by atoms with E-state index in [1.165, 1.54) is 0 Å². The zero-order valence-electron chi connectivity index (χ0n) is 11.3. The van der Waals surface area contributed by atoms with E-state index in [4.69, 9.17) is 0 Å². The second kappa shape index (κ2) is 6.54. The van der Waals surface area contributed by atoms with Gasteiger partial charge in [-0.15, -0.1) is 0 Å². The SMILES string of the molecule is OC1(CNCc2ccc(F)cc2C(F)(F)F)CCSCC1. The van der Waals surface area contributed by atoms with Gasteiger partial charge in [0.2, 0.25) is 0 Å². The molecule has 1 saturated heterocycles.